The van der Waals surface area contributed by atoms with Crippen molar-refractivity contribution in [2.75, 3.05) is 19.8 Å². The number of hydrogen-bond donors (Lipinski definition) is 1. The van der Waals surface area contributed by atoms with Gasteiger partial charge in [0.15, 0.2) is 0 Å². The van der Waals surface area contributed by atoms with Crippen LogP contribution in [-0.2, 0) is 0 Å². The van der Waals surface area contributed by atoms with Gasteiger partial charge in [0.25, 0.3) is 11.1 Å². The molecular weight excluding hydrogens is 264 g/mol. The van der Waals surface area contributed by atoms with E-state index in [0.717, 1.165) is 4.90 Å². The summed E-state index contributed by atoms with van der Waals surface area (Å²) in [5.74, 6) is 0.414. The summed E-state index contributed by atoms with van der Waals surface area (Å²) in [6.45, 7) is 1.72. The fourth-order valence-electron chi connectivity index (χ4n) is 1.45. The topological polar surface area (TPSA) is 85.2 Å². The van der Waals surface area contributed by atoms with Crippen LogP contribution in [0.2, 0.25) is 0 Å². The van der Waals surface area contributed by atoms with Gasteiger partial charge in [-0.25, -0.2) is 0 Å². The van der Waals surface area contributed by atoms with Crippen LogP contribution < -0.4 is 5.73 Å². The van der Waals surface area contributed by atoms with Crippen LogP contribution in [0.25, 0.3) is 0 Å². The summed E-state index contributed by atoms with van der Waals surface area (Å²) in [7, 11) is 3.39. The molecular formula is C12H14N4O2S. The summed E-state index contributed by atoms with van der Waals surface area (Å²) in [5, 5.41) is 8.05. The van der Waals surface area contributed by atoms with Gasteiger partial charge >= 0.3 is 0 Å². The molecule has 0 aliphatic carbocycles. The number of nitrogens with two attached hydrogens (primary N) is 1. The van der Waals surface area contributed by atoms with Crippen LogP contribution in [-0.4, -0.2) is 35.1 Å². The van der Waals surface area contributed by atoms with E-state index in [2.05, 4.69) is 10.2 Å². The van der Waals surface area contributed by atoms with Gasteiger partial charge < -0.3 is 15.1 Å². The highest BCUT2D eigenvalue weighted by atomic mass is 32.2. The minimum Gasteiger partial charge on any atom is -0.416 e. The van der Waals surface area contributed by atoms with E-state index in [1.54, 1.807) is 39.2 Å². The van der Waals surface area contributed by atoms with Gasteiger partial charge in [-0.2, -0.15) is 0 Å². The zero-order valence-corrected chi connectivity index (χ0v) is 11.7. The van der Waals surface area contributed by atoms with E-state index in [1.807, 2.05) is 0 Å². The largest absolute Gasteiger partial charge is 0.416 e. The number of aromatic nitrogens is 2. The van der Waals surface area contributed by atoms with Crippen LogP contribution in [0.15, 0.2) is 32.7 Å². The van der Waals surface area contributed by atoms with Gasteiger partial charge in [-0.15, -0.1) is 10.2 Å². The number of amides is 1. The Hall–Kier alpha value is -2.02. The molecule has 0 unspecified atom stereocenters. The maximum Gasteiger partial charge on any atom is 0.281 e. The molecule has 0 aliphatic rings. The Morgan fingerprint density at radius 2 is 2.11 bits per heavy atom. The molecule has 0 spiro atoms. The van der Waals surface area contributed by atoms with E-state index in [0.29, 0.717) is 22.4 Å². The Morgan fingerprint density at radius 3 is 2.63 bits per heavy atom. The normalized spacial score (nSPS) is 10.5. The first-order chi connectivity index (χ1) is 8.97. The monoisotopic (exact) mass is 278 g/mol. The summed E-state index contributed by atoms with van der Waals surface area (Å²) in [6.07, 6.45) is 0. The highest BCUT2D eigenvalue weighted by Crippen LogP contribution is 2.31. The van der Waals surface area contributed by atoms with E-state index in [-0.39, 0.29) is 5.91 Å². The molecule has 0 atom stereocenters. The predicted octanol–water partition coefficient (Wildman–Crippen LogP) is 1.81. The fraction of sp³-hybridized carbons (Fsp3) is 0.250. The first-order valence-electron chi connectivity index (χ1n) is 5.56. The summed E-state index contributed by atoms with van der Waals surface area (Å²) < 4.78 is 5.27. The van der Waals surface area contributed by atoms with E-state index in [4.69, 9.17) is 10.2 Å². The molecule has 0 saturated heterocycles. The molecule has 1 heterocycles. The van der Waals surface area contributed by atoms with Crippen molar-refractivity contribution in [2.45, 2.75) is 17.0 Å². The van der Waals surface area contributed by atoms with Gasteiger partial charge in [0.2, 0.25) is 5.89 Å². The summed E-state index contributed by atoms with van der Waals surface area (Å²) in [6, 6.07) is 5.15. The lowest BCUT2D eigenvalue weighted by Gasteiger charge is -2.11. The number of aryl methyl sites for hydroxylation is 1. The Morgan fingerprint density at radius 1 is 1.37 bits per heavy atom. The number of carbonyl (C=O) groups is 1. The quantitative estimate of drug-likeness (QED) is 0.862. The second-order valence-corrected chi connectivity index (χ2v) is 5.13. The molecule has 7 heteroatoms. The number of benzene rings is 1. The third kappa shape index (κ3) is 3.05. The molecule has 2 aromatic rings. The molecule has 0 aliphatic heterocycles. The van der Waals surface area contributed by atoms with Crippen molar-refractivity contribution in [3.05, 3.63) is 29.7 Å². The van der Waals surface area contributed by atoms with E-state index < -0.39 is 0 Å². The Kier molecular flexibility index (Phi) is 3.75. The highest BCUT2D eigenvalue weighted by molar-refractivity contribution is 7.99. The molecule has 19 heavy (non-hydrogen) atoms. The Bertz CT molecular complexity index is 610. The van der Waals surface area contributed by atoms with Gasteiger partial charge in [-0.1, -0.05) is 0 Å². The van der Waals surface area contributed by atoms with Crippen molar-refractivity contribution < 1.29 is 9.21 Å². The fourth-order valence-corrected chi connectivity index (χ4v) is 2.19. The summed E-state index contributed by atoms with van der Waals surface area (Å²) >= 11 is 1.27. The van der Waals surface area contributed by atoms with Gasteiger partial charge in [-0.3, -0.25) is 4.79 Å². The zero-order chi connectivity index (χ0) is 14.0. The second kappa shape index (κ2) is 5.31. The lowest BCUT2D eigenvalue weighted by molar-refractivity contribution is 0.0827. The van der Waals surface area contributed by atoms with Gasteiger partial charge in [-0.05, 0) is 30.0 Å². The number of carbonyl (C=O) groups excluding carboxylic acids is 1. The number of anilines is 1. The lowest BCUT2D eigenvalue weighted by Crippen LogP contribution is -2.21. The number of hydrogen-bond acceptors (Lipinski definition) is 6. The Balaban J connectivity index is 2.22. The minimum absolute atomic E-state index is 0.0862. The molecule has 2 rings (SSSR count). The highest BCUT2D eigenvalue weighted by Gasteiger charge is 2.12. The standard InChI is InChI=1S/C12H14N4O2S/c1-7-14-15-12(18-7)19-10-5-4-8(6-9(10)13)11(17)16(2)3/h4-6H,13H2,1-3H3. The number of nitrogens with zero attached hydrogens (tertiary/aromatic N) is 3. The van der Waals surface area contributed by atoms with E-state index >= 15 is 0 Å². The first-order valence-corrected chi connectivity index (χ1v) is 6.38. The predicted molar refractivity (Wildman–Crippen MR) is 72.0 cm³/mol. The van der Waals surface area contributed by atoms with E-state index in [1.165, 1.54) is 16.7 Å². The third-order valence-electron chi connectivity index (χ3n) is 2.37. The maximum absolute atomic E-state index is 11.8. The van der Waals surface area contributed by atoms with Crippen molar-refractivity contribution in [3.8, 4) is 0 Å². The van der Waals surface area contributed by atoms with Gasteiger partial charge in [0.1, 0.15) is 0 Å². The minimum atomic E-state index is -0.0862. The Labute approximate surface area is 115 Å². The van der Waals surface area contributed by atoms with Crippen LogP contribution in [0.3, 0.4) is 0 Å². The number of rotatable bonds is 3. The summed E-state index contributed by atoms with van der Waals surface area (Å²) in [4.78, 5) is 14.1. The van der Waals surface area contributed by atoms with Crippen LogP contribution in [0.5, 0.6) is 0 Å². The van der Waals surface area contributed by atoms with Crippen molar-refractivity contribution >= 4 is 23.4 Å². The summed E-state index contributed by atoms with van der Waals surface area (Å²) in [5.41, 5.74) is 6.99. The molecule has 0 bridgehead atoms. The van der Waals surface area contributed by atoms with Crippen LogP contribution in [0.4, 0.5) is 5.69 Å². The first kappa shape index (κ1) is 13.4. The third-order valence-corrected chi connectivity index (χ3v) is 3.30. The van der Waals surface area contributed by atoms with Crippen LogP contribution in [0, 0.1) is 6.92 Å². The average Bonchev–Trinajstić information content (AvgIpc) is 2.76. The second-order valence-electron chi connectivity index (χ2n) is 4.14. The molecule has 1 amide bonds. The maximum atomic E-state index is 11.8. The SMILES string of the molecule is Cc1nnc(Sc2ccc(C(=O)N(C)C)cc2N)o1. The van der Waals surface area contributed by atoms with Crippen molar-refractivity contribution in [2.24, 2.45) is 0 Å². The molecule has 1 aromatic heterocycles. The average molecular weight is 278 g/mol. The van der Waals surface area contributed by atoms with E-state index in [9.17, 15) is 4.79 Å². The van der Waals surface area contributed by atoms with Crippen LogP contribution in [0.1, 0.15) is 16.2 Å². The van der Waals surface area contributed by atoms with Gasteiger partial charge in [0.05, 0.1) is 0 Å². The molecule has 0 saturated carbocycles. The van der Waals surface area contributed by atoms with Crippen LogP contribution >= 0.6 is 11.8 Å². The van der Waals surface area contributed by atoms with Gasteiger partial charge in [0, 0.05) is 37.2 Å². The zero-order valence-electron chi connectivity index (χ0n) is 10.9. The molecule has 0 radical (unpaired) electrons. The molecule has 6 nitrogen and oxygen atoms in total. The molecule has 100 valence electrons. The lowest BCUT2D eigenvalue weighted by atomic mass is 10.2. The molecule has 1 aromatic carbocycles. The van der Waals surface area contributed by atoms with Crippen molar-refractivity contribution in [3.63, 3.8) is 0 Å². The number of nitrogen functional groups attached to an aromatic ring is 1. The van der Waals surface area contributed by atoms with Crippen molar-refractivity contribution in [1.29, 1.82) is 0 Å². The smallest absolute Gasteiger partial charge is 0.281 e. The van der Waals surface area contributed by atoms with Crippen molar-refractivity contribution in [1.82, 2.24) is 15.1 Å². The molecule has 2 N–H and O–H groups in total. The molecule has 0 fully saturated rings.